The smallest absolute Gasteiger partial charge is 0.136 e. The molecule has 0 aliphatic rings. The maximum Gasteiger partial charge on any atom is 0.136 e. The van der Waals surface area contributed by atoms with E-state index in [1.807, 2.05) is 6.07 Å². The first-order valence-corrected chi connectivity index (χ1v) is 8.03. The Labute approximate surface area is 135 Å². The van der Waals surface area contributed by atoms with Crippen molar-refractivity contribution < 1.29 is 8.95 Å². The van der Waals surface area contributed by atoms with Crippen molar-refractivity contribution in [2.45, 2.75) is 10.6 Å². The van der Waals surface area contributed by atoms with Crippen LogP contribution in [0.1, 0.15) is 11.1 Å². The molecular formula is C15H11Cl2NO2S. The second-order valence-electron chi connectivity index (χ2n) is 4.21. The molecule has 0 aliphatic carbocycles. The standard InChI is InChI=1S/C15H11Cl2NO2S/c1-20-14-6-10(2-3-11(14)8-18)9-21(19)15-7-12(16)4-5-13(15)17/h2-7H,9H2,1H3. The highest BCUT2D eigenvalue weighted by molar-refractivity contribution is 7.84. The van der Waals surface area contributed by atoms with Gasteiger partial charge in [0.1, 0.15) is 11.8 Å². The molecule has 6 heteroatoms. The molecule has 1 atom stereocenters. The van der Waals surface area contributed by atoms with Gasteiger partial charge < -0.3 is 4.74 Å². The summed E-state index contributed by atoms with van der Waals surface area (Å²) in [5.74, 6) is 0.728. The highest BCUT2D eigenvalue weighted by Gasteiger charge is 2.12. The Bertz CT molecular complexity index is 741. The molecule has 0 bridgehead atoms. The molecule has 0 aromatic heterocycles. The highest BCUT2D eigenvalue weighted by atomic mass is 35.5. The van der Waals surface area contributed by atoms with E-state index in [1.54, 1.807) is 36.4 Å². The lowest BCUT2D eigenvalue weighted by Gasteiger charge is -2.08. The minimum absolute atomic E-state index is 0.266. The molecule has 0 saturated carbocycles. The fourth-order valence-electron chi connectivity index (χ4n) is 1.80. The van der Waals surface area contributed by atoms with E-state index in [-0.39, 0.29) is 5.75 Å². The van der Waals surface area contributed by atoms with Crippen LogP contribution in [0, 0.1) is 11.3 Å². The average molecular weight is 340 g/mol. The van der Waals surface area contributed by atoms with Crippen molar-refractivity contribution in [1.29, 1.82) is 5.26 Å². The van der Waals surface area contributed by atoms with Crippen LogP contribution in [0.15, 0.2) is 41.3 Å². The molecule has 2 aromatic carbocycles. The molecule has 0 N–H and O–H groups in total. The minimum atomic E-state index is -1.33. The fraction of sp³-hybridized carbons (Fsp3) is 0.133. The first kappa shape index (κ1) is 15.8. The summed E-state index contributed by atoms with van der Waals surface area (Å²) in [5.41, 5.74) is 1.23. The lowest BCUT2D eigenvalue weighted by molar-refractivity contribution is 0.413. The van der Waals surface area contributed by atoms with Gasteiger partial charge in [-0.05, 0) is 35.9 Å². The van der Waals surface area contributed by atoms with Gasteiger partial charge in [-0.3, -0.25) is 4.21 Å². The maximum absolute atomic E-state index is 12.4. The number of rotatable bonds is 4. The van der Waals surface area contributed by atoms with Crippen LogP contribution in [-0.4, -0.2) is 11.3 Å². The molecule has 3 nitrogen and oxygen atoms in total. The van der Waals surface area contributed by atoms with E-state index in [1.165, 1.54) is 7.11 Å². The van der Waals surface area contributed by atoms with Crippen molar-refractivity contribution in [2.75, 3.05) is 7.11 Å². The van der Waals surface area contributed by atoms with Gasteiger partial charge in [0.25, 0.3) is 0 Å². The van der Waals surface area contributed by atoms with Crippen LogP contribution < -0.4 is 4.74 Å². The van der Waals surface area contributed by atoms with Gasteiger partial charge in [-0.1, -0.05) is 29.3 Å². The zero-order chi connectivity index (χ0) is 15.4. The molecule has 0 heterocycles. The Morgan fingerprint density at radius 1 is 1.24 bits per heavy atom. The summed E-state index contributed by atoms with van der Waals surface area (Å²) in [4.78, 5) is 0.493. The average Bonchev–Trinajstić information content (AvgIpc) is 2.49. The van der Waals surface area contributed by atoms with E-state index < -0.39 is 10.8 Å². The van der Waals surface area contributed by atoms with Crippen molar-refractivity contribution in [1.82, 2.24) is 0 Å². The van der Waals surface area contributed by atoms with Crippen molar-refractivity contribution >= 4 is 34.0 Å². The molecule has 0 radical (unpaired) electrons. The molecule has 0 spiro atoms. The summed E-state index contributed by atoms with van der Waals surface area (Å²) in [6, 6.07) is 12.0. The van der Waals surface area contributed by atoms with Crippen LogP contribution in [-0.2, 0) is 16.6 Å². The predicted molar refractivity (Wildman–Crippen MR) is 84.3 cm³/mol. The Morgan fingerprint density at radius 2 is 2.00 bits per heavy atom. The number of hydrogen-bond acceptors (Lipinski definition) is 3. The van der Waals surface area contributed by atoms with Gasteiger partial charge in [0.05, 0.1) is 39.1 Å². The van der Waals surface area contributed by atoms with Crippen molar-refractivity contribution in [3.05, 3.63) is 57.6 Å². The molecule has 0 saturated heterocycles. The molecule has 21 heavy (non-hydrogen) atoms. The van der Waals surface area contributed by atoms with Crippen molar-refractivity contribution in [2.24, 2.45) is 0 Å². The van der Waals surface area contributed by atoms with E-state index in [0.29, 0.717) is 26.3 Å². The van der Waals surface area contributed by atoms with Crippen LogP contribution in [0.2, 0.25) is 10.0 Å². The Hall–Kier alpha value is -1.54. The van der Waals surface area contributed by atoms with E-state index in [0.717, 1.165) is 5.56 Å². The molecule has 0 aliphatic heterocycles. The Kier molecular flexibility index (Phi) is 5.24. The number of benzene rings is 2. The van der Waals surface area contributed by atoms with Crippen molar-refractivity contribution in [3.8, 4) is 11.8 Å². The van der Waals surface area contributed by atoms with Gasteiger partial charge in [-0.15, -0.1) is 0 Å². The zero-order valence-corrected chi connectivity index (χ0v) is 13.4. The van der Waals surface area contributed by atoms with Crippen molar-refractivity contribution in [3.63, 3.8) is 0 Å². The summed E-state index contributed by atoms with van der Waals surface area (Å²) in [6.45, 7) is 0. The third-order valence-corrected chi connectivity index (χ3v) is 4.92. The molecule has 2 rings (SSSR count). The lowest BCUT2D eigenvalue weighted by atomic mass is 10.1. The maximum atomic E-state index is 12.4. The van der Waals surface area contributed by atoms with Crippen LogP contribution in [0.4, 0.5) is 0 Å². The summed E-state index contributed by atoms with van der Waals surface area (Å²) in [7, 11) is 0.161. The van der Waals surface area contributed by atoms with E-state index in [2.05, 4.69) is 0 Å². The van der Waals surface area contributed by atoms with Gasteiger partial charge in [0.2, 0.25) is 0 Å². The monoisotopic (exact) mass is 339 g/mol. The van der Waals surface area contributed by atoms with Gasteiger partial charge >= 0.3 is 0 Å². The third kappa shape index (κ3) is 3.76. The lowest BCUT2D eigenvalue weighted by Crippen LogP contribution is -1.99. The van der Waals surface area contributed by atoms with E-state index in [9.17, 15) is 4.21 Å². The molecule has 0 amide bonds. The number of nitrogens with zero attached hydrogens (tertiary/aromatic N) is 1. The number of methoxy groups -OCH3 is 1. The molecule has 1 unspecified atom stereocenters. The largest absolute Gasteiger partial charge is 0.495 e. The first-order chi connectivity index (χ1) is 10.0. The number of ether oxygens (including phenoxy) is 1. The number of hydrogen-bond donors (Lipinski definition) is 0. The molecule has 2 aromatic rings. The van der Waals surface area contributed by atoms with Gasteiger partial charge in [-0.25, -0.2) is 0 Å². The Balaban J connectivity index is 2.28. The number of nitriles is 1. The molecule has 0 fully saturated rings. The van der Waals surface area contributed by atoms with Crippen LogP contribution in [0.5, 0.6) is 5.75 Å². The van der Waals surface area contributed by atoms with Gasteiger partial charge in [0.15, 0.2) is 0 Å². The van der Waals surface area contributed by atoms with Gasteiger partial charge in [-0.2, -0.15) is 5.26 Å². The zero-order valence-electron chi connectivity index (χ0n) is 11.1. The Morgan fingerprint density at radius 3 is 2.67 bits per heavy atom. The van der Waals surface area contributed by atoms with Crippen LogP contribution >= 0.6 is 23.2 Å². The summed E-state index contributed by atoms with van der Waals surface area (Å²) in [5, 5.41) is 9.85. The summed E-state index contributed by atoms with van der Waals surface area (Å²) >= 11 is 11.9. The molecule has 108 valence electrons. The molecular weight excluding hydrogens is 329 g/mol. The fourth-order valence-corrected chi connectivity index (χ4v) is 3.59. The number of halogens is 2. The topological polar surface area (TPSA) is 50.1 Å². The van der Waals surface area contributed by atoms with Gasteiger partial charge in [0, 0.05) is 5.02 Å². The first-order valence-electron chi connectivity index (χ1n) is 5.95. The normalized spacial score (nSPS) is 11.7. The van der Waals surface area contributed by atoms with E-state index in [4.69, 9.17) is 33.2 Å². The quantitative estimate of drug-likeness (QED) is 0.839. The van der Waals surface area contributed by atoms with Crippen LogP contribution in [0.3, 0.4) is 0 Å². The summed E-state index contributed by atoms with van der Waals surface area (Å²) in [6.07, 6.45) is 0. The second-order valence-corrected chi connectivity index (χ2v) is 6.47. The predicted octanol–water partition coefficient (Wildman–Crippen LogP) is 4.18. The second kappa shape index (κ2) is 6.95. The summed E-state index contributed by atoms with van der Waals surface area (Å²) < 4.78 is 17.5. The minimum Gasteiger partial charge on any atom is -0.495 e. The SMILES string of the molecule is COc1cc(CS(=O)c2cc(Cl)ccc2Cl)ccc1C#N. The van der Waals surface area contributed by atoms with E-state index >= 15 is 0 Å². The van der Waals surface area contributed by atoms with Crippen LogP contribution in [0.25, 0.3) is 0 Å². The highest BCUT2D eigenvalue weighted by Crippen LogP contribution is 2.27. The third-order valence-electron chi connectivity index (χ3n) is 2.82.